The predicted octanol–water partition coefficient (Wildman–Crippen LogP) is 12.1. The van der Waals surface area contributed by atoms with Gasteiger partial charge in [-0.2, -0.15) is 0 Å². The molecule has 1 heterocycles. The van der Waals surface area contributed by atoms with Gasteiger partial charge in [-0.05, 0) is 90.0 Å². The van der Waals surface area contributed by atoms with Gasteiger partial charge in [-0.3, -0.25) is 9.79 Å². The second kappa shape index (κ2) is 18.4. The fourth-order valence-corrected chi connectivity index (χ4v) is 7.31. The number of benzene rings is 3. The van der Waals surface area contributed by atoms with E-state index in [2.05, 4.69) is 55.6 Å². The predicted molar refractivity (Wildman–Crippen MR) is 205 cm³/mol. The van der Waals surface area contributed by atoms with Crippen molar-refractivity contribution in [2.75, 3.05) is 6.54 Å². The Labute approximate surface area is 298 Å². The van der Waals surface area contributed by atoms with Gasteiger partial charge in [0.25, 0.3) is 0 Å². The van der Waals surface area contributed by atoms with Crippen LogP contribution in [0.25, 0.3) is 11.1 Å². The molecule has 1 fully saturated rings. The Morgan fingerprint density at radius 3 is 2.41 bits per heavy atom. The summed E-state index contributed by atoms with van der Waals surface area (Å²) in [7, 11) is 0. The molecule has 2 unspecified atom stereocenters. The lowest BCUT2D eigenvalue weighted by atomic mass is 9.86. The van der Waals surface area contributed by atoms with Gasteiger partial charge < -0.3 is 5.32 Å². The molecule has 1 N–H and O–H groups in total. The van der Waals surface area contributed by atoms with Crippen LogP contribution >= 0.6 is 11.6 Å². The average Bonchev–Trinajstić information content (AvgIpc) is 3.07. The monoisotopic (exact) mass is 678 g/mol. The number of nitrogens with zero attached hydrogens (tertiary/aromatic N) is 1. The zero-order valence-electron chi connectivity index (χ0n) is 29.5. The Morgan fingerprint density at radius 2 is 1.71 bits per heavy atom. The van der Waals surface area contributed by atoms with E-state index in [0.29, 0.717) is 40.1 Å². The number of hydrogen-bond acceptors (Lipinski definition) is 3. The van der Waals surface area contributed by atoms with Crippen LogP contribution in [0.15, 0.2) is 107 Å². The van der Waals surface area contributed by atoms with Crippen molar-refractivity contribution in [3.8, 4) is 11.1 Å². The van der Waals surface area contributed by atoms with Crippen LogP contribution in [-0.2, 0) is 11.3 Å². The van der Waals surface area contributed by atoms with Crippen LogP contribution in [0.1, 0.15) is 114 Å². The molecule has 0 radical (unpaired) electrons. The van der Waals surface area contributed by atoms with Crippen LogP contribution in [0.2, 0.25) is 5.02 Å². The van der Waals surface area contributed by atoms with E-state index in [1.807, 2.05) is 24.4 Å². The quantitative estimate of drug-likeness (QED) is 0.207. The second-order valence-corrected chi connectivity index (χ2v) is 14.4. The molecular weight excluding hydrogens is 627 g/mol. The molecule has 1 aliphatic carbocycles. The molecule has 258 valence electrons. The van der Waals surface area contributed by atoms with E-state index >= 15 is 0 Å². The van der Waals surface area contributed by atoms with Gasteiger partial charge >= 0.3 is 0 Å². The Hall–Kier alpha value is -3.60. The number of carbonyl (C=O) groups excluding carboxylic acids is 1. The maximum atomic E-state index is 14.5. The Kier molecular flexibility index (Phi) is 13.8. The van der Waals surface area contributed by atoms with Crippen LogP contribution in [0.4, 0.5) is 4.39 Å². The Balaban J connectivity index is 1.31. The summed E-state index contributed by atoms with van der Waals surface area (Å²) < 4.78 is 14.5. The Bertz CT molecular complexity index is 1680. The third kappa shape index (κ3) is 10.4. The summed E-state index contributed by atoms with van der Waals surface area (Å²) >= 11 is 6.81. The van der Waals surface area contributed by atoms with Crippen LogP contribution in [0.3, 0.4) is 0 Å². The molecule has 3 aromatic carbocycles. The first kappa shape index (κ1) is 36.7. The second-order valence-electron chi connectivity index (χ2n) is 13.9. The van der Waals surface area contributed by atoms with E-state index in [-0.39, 0.29) is 11.6 Å². The molecular formula is C44H52ClFN2O. The summed E-state index contributed by atoms with van der Waals surface area (Å²) in [5, 5.41) is 4.04. The number of aliphatic imine (C=N–C) groups is 1. The third-order valence-electron chi connectivity index (χ3n) is 10.2. The summed E-state index contributed by atoms with van der Waals surface area (Å²) in [5.74, 6) is 0.321. The van der Waals surface area contributed by atoms with Crippen molar-refractivity contribution in [1.29, 1.82) is 0 Å². The third-order valence-corrected chi connectivity index (χ3v) is 10.5. The first-order valence-electron chi connectivity index (χ1n) is 18.3. The van der Waals surface area contributed by atoms with Gasteiger partial charge in [0, 0.05) is 29.9 Å². The standard InChI is InChI=1S/C44H52ClFN2O/c1-4-31(2)25-36-15-12-16-39(30-47-28-33-19-21-35(22-20-33)34-13-8-6-5-7-9-14-34)48-29-38(36)26-42(32(3)49)41-24-23-37(27-43(41)45)40-17-10-11-18-44(40)46/h10-11,15-24,26-27,29,31,34,42,47H,4-9,12-14,25,28,30H2,1-3H3/b36-15?,38-26-,39-16?,48-29?. The number of allylic oxidation sites excluding steroid dienone is 5. The zero-order chi connectivity index (χ0) is 34.6. The zero-order valence-corrected chi connectivity index (χ0v) is 30.2. The summed E-state index contributed by atoms with van der Waals surface area (Å²) in [4.78, 5) is 18.1. The molecule has 2 atom stereocenters. The molecule has 0 amide bonds. The maximum absolute atomic E-state index is 14.5. The molecule has 0 aromatic heterocycles. The molecule has 5 rings (SSSR count). The van der Waals surface area contributed by atoms with Crippen molar-refractivity contribution in [2.24, 2.45) is 10.9 Å². The lowest BCUT2D eigenvalue weighted by molar-refractivity contribution is -0.117. The van der Waals surface area contributed by atoms with Crippen molar-refractivity contribution in [3.63, 3.8) is 0 Å². The summed E-state index contributed by atoms with van der Waals surface area (Å²) in [6.07, 6.45) is 20.6. The van der Waals surface area contributed by atoms with Crippen LogP contribution < -0.4 is 5.32 Å². The molecule has 0 spiro atoms. The molecule has 49 heavy (non-hydrogen) atoms. The first-order chi connectivity index (χ1) is 23.8. The smallest absolute Gasteiger partial charge is 0.141 e. The number of halogens is 2. The SMILES string of the molecule is CCC(C)CC1=CCC=C(CNCc2ccc(C3CCCCCCC3)cc2)N=C/C1=C/C(C(C)=O)c1ccc(-c2ccccc2F)cc1Cl. The highest BCUT2D eigenvalue weighted by Gasteiger charge is 2.21. The number of nitrogens with one attached hydrogen (secondary N) is 1. The van der Waals surface area contributed by atoms with Crippen molar-refractivity contribution in [2.45, 2.75) is 103 Å². The van der Waals surface area contributed by atoms with Gasteiger partial charge in [0.15, 0.2) is 0 Å². The first-order valence-corrected chi connectivity index (χ1v) is 18.7. The van der Waals surface area contributed by atoms with Gasteiger partial charge in [-0.1, -0.05) is 137 Å². The van der Waals surface area contributed by atoms with E-state index in [1.165, 1.54) is 67.7 Å². The van der Waals surface area contributed by atoms with Crippen LogP contribution in [-0.4, -0.2) is 18.5 Å². The minimum absolute atomic E-state index is 0.00983. The molecule has 1 aliphatic heterocycles. The highest BCUT2D eigenvalue weighted by molar-refractivity contribution is 6.32. The number of carbonyl (C=O) groups is 1. The highest BCUT2D eigenvalue weighted by Crippen LogP contribution is 2.35. The van der Waals surface area contributed by atoms with Gasteiger partial charge in [0.05, 0.1) is 11.6 Å². The van der Waals surface area contributed by atoms with E-state index in [1.54, 1.807) is 31.2 Å². The van der Waals surface area contributed by atoms with E-state index in [9.17, 15) is 9.18 Å². The lowest BCUT2D eigenvalue weighted by Gasteiger charge is -2.20. The minimum atomic E-state index is -0.556. The lowest BCUT2D eigenvalue weighted by Crippen LogP contribution is -2.17. The summed E-state index contributed by atoms with van der Waals surface area (Å²) in [5.41, 5.74) is 7.75. The molecule has 1 saturated carbocycles. The summed E-state index contributed by atoms with van der Waals surface area (Å²) in [6.45, 7) is 7.49. The molecule has 3 nitrogen and oxygen atoms in total. The number of hydrogen-bond donors (Lipinski definition) is 1. The highest BCUT2D eigenvalue weighted by atomic mass is 35.5. The van der Waals surface area contributed by atoms with E-state index < -0.39 is 5.92 Å². The van der Waals surface area contributed by atoms with E-state index in [4.69, 9.17) is 16.6 Å². The number of Topliss-reactive ketones (excluding diaryl/α,β-unsaturated/α-hetero) is 1. The number of rotatable bonds is 12. The molecule has 3 aromatic rings. The van der Waals surface area contributed by atoms with Crippen LogP contribution in [0.5, 0.6) is 0 Å². The maximum Gasteiger partial charge on any atom is 0.141 e. The fourth-order valence-electron chi connectivity index (χ4n) is 7.01. The fraction of sp³-hybridized carbons (Fsp3) is 0.409. The largest absolute Gasteiger partial charge is 0.307 e. The average molecular weight is 679 g/mol. The molecule has 2 aliphatic rings. The van der Waals surface area contributed by atoms with Gasteiger partial charge in [-0.15, -0.1) is 0 Å². The van der Waals surface area contributed by atoms with Gasteiger partial charge in [0.1, 0.15) is 11.6 Å². The topological polar surface area (TPSA) is 41.5 Å². The minimum Gasteiger partial charge on any atom is -0.307 e. The van der Waals surface area contributed by atoms with Crippen LogP contribution in [0, 0.1) is 11.7 Å². The van der Waals surface area contributed by atoms with Crippen molar-refractivity contribution >= 4 is 23.6 Å². The van der Waals surface area contributed by atoms with Crippen molar-refractivity contribution in [1.82, 2.24) is 5.32 Å². The van der Waals surface area contributed by atoms with Crippen molar-refractivity contribution in [3.05, 3.63) is 129 Å². The molecule has 0 saturated heterocycles. The van der Waals surface area contributed by atoms with Gasteiger partial charge in [-0.25, -0.2) is 4.39 Å². The van der Waals surface area contributed by atoms with Gasteiger partial charge in [0.2, 0.25) is 0 Å². The van der Waals surface area contributed by atoms with Crippen molar-refractivity contribution < 1.29 is 9.18 Å². The molecule has 0 bridgehead atoms. The van der Waals surface area contributed by atoms with E-state index in [0.717, 1.165) is 37.1 Å². The number of ketones is 1. The normalized spacial score (nSPS) is 18.1. The molecule has 5 heteroatoms. The summed E-state index contributed by atoms with van der Waals surface area (Å²) in [6, 6.07) is 21.3. The Morgan fingerprint density at radius 1 is 0.980 bits per heavy atom.